The second-order valence-electron chi connectivity index (χ2n) is 7.43. The molecule has 0 saturated carbocycles. The summed E-state index contributed by atoms with van der Waals surface area (Å²) in [7, 11) is 0. The Morgan fingerprint density at radius 1 is 0.933 bits per heavy atom. The summed E-state index contributed by atoms with van der Waals surface area (Å²) in [6.07, 6.45) is 1.01. The molecule has 2 aromatic carbocycles. The normalized spacial score (nSPS) is 10.6. The van der Waals surface area contributed by atoms with Crippen molar-refractivity contribution in [3.05, 3.63) is 82.7 Å². The van der Waals surface area contributed by atoms with Crippen LogP contribution in [0.15, 0.2) is 54.6 Å². The number of nitrogens with one attached hydrogen (secondary N) is 2. The number of aromatic nitrogens is 2. The lowest BCUT2D eigenvalue weighted by atomic mass is 10.1. The number of rotatable bonds is 8. The van der Waals surface area contributed by atoms with E-state index < -0.39 is 0 Å². The summed E-state index contributed by atoms with van der Waals surface area (Å²) in [5.74, 6) is -0.219. The van der Waals surface area contributed by atoms with E-state index >= 15 is 0 Å². The lowest BCUT2D eigenvalue weighted by Gasteiger charge is -2.09. The first-order chi connectivity index (χ1) is 14.4. The number of hydrogen-bond acceptors (Lipinski definition) is 3. The number of aryl methyl sites for hydroxylation is 3. The number of carbonyl (C=O) groups is 2. The molecule has 156 valence electrons. The van der Waals surface area contributed by atoms with Crippen LogP contribution >= 0.6 is 0 Å². The summed E-state index contributed by atoms with van der Waals surface area (Å²) in [6, 6.07) is 17.6. The fourth-order valence-corrected chi connectivity index (χ4v) is 3.34. The van der Waals surface area contributed by atoms with Crippen LogP contribution in [0.4, 0.5) is 0 Å². The van der Waals surface area contributed by atoms with Crippen molar-refractivity contribution in [1.29, 1.82) is 0 Å². The largest absolute Gasteiger partial charge is 0.356 e. The van der Waals surface area contributed by atoms with E-state index in [4.69, 9.17) is 0 Å². The van der Waals surface area contributed by atoms with Gasteiger partial charge in [-0.15, -0.1) is 0 Å². The maximum atomic E-state index is 12.1. The molecule has 0 aliphatic rings. The van der Waals surface area contributed by atoms with E-state index in [9.17, 15) is 9.59 Å². The van der Waals surface area contributed by atoms with Crippen LogP contribution in [0, 0.1) is 20.8 Å². The van der Waals surface area contributed by atoms with Gasteiger partial charge in [0.05, 0.1) is 11.4 Å². The summed E-state index contributed by atoms with van der Waals surface area (Å²) >= 11 is 0. The van der Waals surface area contributed by atoms with Crippen LogP contribution in [0.1, 0.15) is 39.3 Å². The Morgan fingerprint density at radius 2 is 1.67 bits per heavy atom. The monoisotopic (exact) mass is 404 g/mol. The zero-order valence-corrected chi connectivity index (χ0v) is 17.7. The average Bonchev–Trinajstić information content (AvgIpc) is 3.06. The average molecular weight is 405 g/mol. The SMILES string of the molecule is Cc1cc(C)n(-c2ccc(CCNC(=O)CCNC(=O)c3ccccc3C)cc2)n1. The van der Waals surface area contributed by atoms with Gasteiger partial charge in [-0.05, 0) is 62.6 Å². The maximum Gasteiger partial charge on any atom is 0.251 e. The lowest BCUT2D eigenvalue weighted by Crippen LogP contribution is -2.31. The molecule has 6 heteroatoms. The van der Waals surface area contributed by atoms with Gasteiger partial charge in [-0.3, -0.25) is 9.59 Å². The third kappa shape index (κ3) is 5.56. The van der Waals surface area contributed by atoms with Gasteiger partial charge in [-0.2, -0.15) is 5.10 Å². The first kappa shape index (κ1) is 21.3. The molecule has 6 nitrogen and oxygen atoms in total. The molecule has 30 heavy (non-hydrogen) atoms. The van der Waals surface area contributed by atoms with Crippen LogP contribution < -0.4 is 10.6 Å². The molecule has 0 unspecified atom stereocenters. The zero-order valence-electron chi connectivity index (χ0n) is 17.7. The molecule has 0 atom stereocenters. The number of nitrogens with zero attached hydrogens (tertiary/aromatic N) is 2. The number of benzene rings is 2. The van der Waals surface area contributed by atoms with Gasteiger partial charge in [0.15, 0.2) is 0 Å². The minimum absolute atomic E-state index is 0.0701. The van der Waals surface area contributed by atoms with Crippen molar-refractivity contribution in [2.24, 2.45) is 0 Å². The van der Waals surface area contributed by atoms with E-state index in [0.29, 0.717) is 18.7 Å². The third-order valence-corrected chi connectivity index (χ3v) is 4.95. The predicted octanol–water partition coefficient (Wildman–Crippen LogP) is 3.28. The Labute approximate surface area is 177 Å². The number of amides is 2. The van der Waals surface area contributed by atoms with E-state index in [2.05, 4.69) is 27.9 Å². The van der Waals surface area contributed by atoms with Crippen LogP contribution in [0.5, 0.6) is 0 Å². The van der Waals surface area contributed by atoms with Crippen molar-refractivity contribution in [2.45, 2.75) is 33.6 Å². The topological polar surface area (TPSA) is 76.0 Å². The summed E-state index contributed by atoms with van der Waals surface area (Å²) < 4.78 is 1.92. The molecule has 3 aromatic rings. The van der Waals surface area contributed by atoms with E-state index in [0.717, 1.165) is 34.6 Å². The molecule has 1 heterocycles. The van der Waals surface area contributed by atoms with Crippen molar-refractivity contribution in [3.63, 3.8) is 0 Å². The highest BCUT2D eigenvalue weighted by atomic mass is 16.2. The van der Waals surface area contributed by atoms with E-state index in [1.165, 1.54) is 0 Å². The highest BCUT2D eigenvalue weighted by Crippen LogP contribution is 2.13. The van der Waals surface area contributed by atoms with Gasteiger partial charge in [0, 0.05) is 30.8 Å². The van der Waals surface area contributed by atoms with Crippen LogP contribution in [0.25, 0.3) is 5.69 Å². The molecule has 0 spiro atoms. The van der Waals surface area contributed by atoms with Gasteiger partial charge in [0.2, 0.25) is 5.91 Å². The quantitative estimate of drug-likeness (QED) is 0.605. The maximum absolute atomic E-state index is 12.1. The van der Waals surface area contributed by atoms with Crippen LogP contribution in [-0.4, -0.2) is 34.7 Å². The van der Waals surface area contributed by atoms with Gasteiger partial charge >= 0.3 is 0 Å². The highest BCUT2D eigenvalue weighted by molar-refractivity contribution is 5.95. The molecule has 0 fully saturated rings. The molecule has 0 radical (unpaired) electrons. The minimum Gasteiger partial charge on any atom is -0.356 e. The van der Waals surface area contributed by atoms with E-state index in [-0.39, 0.29) is 18.2 Å². The van der Waals surface area contributed by atoms with Crippen LogP contribution in [-0.2, 0) is 11.2 Å². The minimum atomic E-state index is -0.149. The summed E-state index contributed by atoms with van der Waals surface area (Å²) in [6.45, 7) is 6.78. The molecular formula is C24H28N4O2. The molecule has 0 saturated heterocycles. The standard InChI is InChI=1S/C24H28N4O2/c1-17-6-4-5-7-22(17)24(30)26-15-13-23(29)25-14-12-20-8-10-21(11-9-20)28-19(3)16-18(2)27-28/h4-11,16H,12-15H2,1-3H3,(H,25,29)(H,26,30). The molecule has 3 rings (SSSR count). The smallest absolute Gasteiger partial charge is 0.251 e. The van der Waals surface area contributed by atoms with E-state index in [1.807, 2.05) is 61.9 Å². The van der Waals surface area contributed by atoms with Crippen LogP contribution in [0.3, 0.4) is 0 Å². The van der Waals surface area contributed by atoms with Gasteiger partial charge < -0.3 is 10.6 Å². The van der Waals surface area contributed by atoms with Crippen molar-refractivity contribution in [2.75, 3.05) is 13.1 Å². The highest BCUT2D eigenvalue weighted by Gasteiger charge is 2.09. The third-order valence-electron chi connectivity index (χ3n) is 4.95. The van der Waals surface area contributed by atoms with Gasteiger partial charge in [-0.1, -0.05) is 30.3 Å². The van der Waals surface area contributed by atoms with Crippen molar-refractivity contribution in [3.8, 4) is 5.69 Å². The molecule has 1 aromatic heterocycles. The van der Waals surface area contributed by atoms with Gasteiger partial charge in [0.1, 0.15) is 0 Å². The van der Waals surface area contributed by atoms with Gasteiger partial charge in [-0.25, -0.2) is 4.68 Å². The Kier molecular flexibility index (Phi) is 7.01. The van der Waals surface area contributed by atoms with Crippen LogP contribution in [0.2, 0.25) is 0 Å². The van der Waals surface area contributed by atoms with Crippen molar-refractivity contribution in [1.82, 2.24) is 20.4 Å². The molecule has 0 aliphatic heterocycles. The Balaban J connectivity index is 1.39. The Morgan fingerprint density at radius 3 is 2.33 bits per heavy atom. The molecule has 0 bridgehead atoms. The van der Waals surface area contributed by atoms with Crippen molar-refractivity contribution >= 4 is 11.8 Å². The molecule has 2 amide bonds. The van der Waals surface area contributed by atoms with E-state index in [1.54, 1.807) is 6.07 Å². The zero-order chi connectivity index (χ0) is 21.5. The summed E-state index contributed by atoms with van der Waals surface area (Å²) in [5, 5.41) is 10.2. The summed E-state index contributed by atoms with van der Waals surface area (Å²) in [4.78, 5) is 24.2. The molecular weight excluding hydrogens is 376 g/mol. The fraction of sp³-hybridized carbons (Fsp3) is 0.292. The first-order valence-electron chi connectivity index (χ1n) is 10.2. The number of hydrogen-bond donors (Lipinski definition) is 2. The Bertz CT molecular complexity index is 1020. The first-order valence-corrected chi connectivity index (χ1v) is 10.2. The second kappa shape index (κ2) is 9.87. The Hall–Kier alpha value is -3.41. The van der Waals surface area contributed by atoms with Gasteiger partial charge in [0.25, 0.3) is 5.91 Å². The summed E-state index contributed by atoms with van der Waals surface area (Å²) in [5.41, 5.74) is 5.83. The lowest BCUT2D eigenvalue weighted by molar-refractivity contribution is -0.120. The molecule has 0 aliphatic carbocycles. The predicted molar refractivity (Wildman–Crippen MR) is 118 cm³/mol. The fourth-order valence-electron chi connectivity index (χ4n) is 3.34. The second-order valence-corrected chi connectivity index (χ2v) is 7.43. The number of carbonyl (C=O) groups excluding carboxylic acids is 2. The van der Waals surface area contributed by atoms with Crippen molar-refractivity contribution < 1.29 is 9.59 Å². The molecule has 2 N–H and O–H groups in total.